The van der Waals surface area contributed by atoms with Gasteiger partial charge in [0.2, 0.25) is 11.8 Å². The summed E-state index contributed by atoms with van der Waals surface area (Å²) in [5, 5.41) is 2.84. The molecule has 1 aromatic carbocycles. The van der Waals surface area contributed by atoms with E-state index < -0.39 is 17.4 Å². The number of carbonyl (C=O) groups is 3. The van der Waals surface area contributed by atoms with E-state index in [0.29, 0.717) is 31.0 Å². The molecule has 1 fully saturated rings. The number of hydrogen-bond donors (Lipinski definition) is 1. The second-order valence-electron chi connectivity index (χ2n) is 7.52. The number of esters is 1. The molecule has 1 aromatic rings. The van der Waals surface area contributed by atoms with Crippen LogP contribution in [0.15, 0.2) is 24.3 Å². The zero-order valence-corrected chi connectivity index (χ0v) is 16.4. The summed E-state index contributed by atoms with van der Waals surface area (Å²) < 4.78 is 10.2. The Balaban J connectivity index is 2.00. The molecule has 7 nitrogen and oxygen atoms in total. The molecule has 0 aromatic heterocycles. The molecule has 2 rings (SSSR count). The number of nitrogens with one attached hydrogen (secondary N) is 1. The van der Waals surface area contributed by atoms with Gasteiger partial charge in [0, 0.05) is 23.7 Å². The first-order valence-electron chi connectivity index (χ1n) is 9.22. The van der Waals surface area contributed by atoms with Crippen LogP contribution in [0.5, 0.6) is 5.75 Å². The smallest absolute Gasteiger partial charge is 0.344 e. The van der Waals surface area contributed by atoms with E-state index in [-0.39, 0.29) is 18.4 Å². The second kappa shape index (κ2) is 8.88. The van der Waals surface area contributed by atoms with Crippen LogP contribution in [0.25, 0.3) is 0 Å². The van der Waals surface area contributed by atoms with Crippen molar-refractivity contribution >= 4 is 23.5 Å². The maximum Gasteiger partial charge on any atom is 0.344 e. The number of carbonyl (C=O) groups excluding carboxylic acids is 3. The van der Waals surface area contributed by atoms with Crippen molar-refractivity contribution in [1.29, 1.82) is 0 Å². The number of anilines is 1. The molecule has 1 aliphatic rings. The first-order valence-corrected chi connectivity index (χ1v) is 9.22. The van der Waals surface area contributed by atoms with Crippen molar-refractivity contribution in [2.24, 2.45) is 5.41 Å². The molecule has 0 bridgehead atoms. The van der Waals surface area contributed by atoms with Gasteiger partial charge in [-0.3, -0.25) is 9.59 Å². The molecule has 0 unspecified atom stereocenters. The number of hydrogen-bond acceptors (Lipinski definition) is 5. The van der Waals surface area contributed by atoms with E-state index in [4.69, 9.17) is 9.47 Å². The van der Waals surface area contributed by atoms with Gasteiger partial charge in [0.25, 0.3) is 0 Å². The molecule has 1 heterocycles. The topological polar surface area (TPSA) is 84.9 Å². The van der Waals surface area contributed by atoms with Gasteiger partial charge >= 0.3 is 5.97 Å². The molecule has 0 radical (unpaired) electrons. The van der Waals surface area contributed by atoms with Crippen molar-refractivity contribution in [2.45, 2.75) is 46.6 Å². The fourth-order valence-electron chi connectivity index (χ4n) is 2.95. The zero-order chi connectivity index (χ0) is 20.0. The van der Waals surface area contributed by atoms with E-state index in [1.807, 2.05) is 20.8 Å². The molecule has 1 N–H and O–H groups in total. The Kier molecular flexibility index (Phi) is 6.82. The fourth-order valence-corrected chi connectivity index (χ4v) is 2.95. The third-order valence-corrected chi connectivity index (χ3v) is 4.22. The Labute approximate surface area is 160 Å². The summed E-state index contributed by atoms with van der Waals surface area (Å²) >= 11 is 0. The number of amides is 2. The molecule has 27 heavy (non-hydrogen) atoms. The first kappa shape index (κ1) is 20.7. The lowest BCUT2D eigenvalue weighted by Gasteiger charge is -2.30. The molecule has 0 aliphatic carbocycles. The summed E-state index contributed by atoms with van der Waals surface area (Å²) in [5.74, 6) is -0.233. The van der Waals surface area contributed by atoms with Gasteiger partial charge < -0.3 is 19.7 Å². The summed E-state index contributed by atoms with van der Waals surface area (Å²) in [6.07, 6.45) is 1.45. The van der Waals surface area contributed by atoms with Gasteiger partial charge in [-0.25, -0.2) is 4.79 Å². The van der Waals surface area contributed by atoms with Crippen LogP contribution >= 0.6 is 0 Å². The maximum absolute atomic E-state index is 12.7. The zero-order valence-electron chi connectivity index (χ0n) is 16.4. The normalized spacial score (nSPS) is 16.7. The van der Waals surface area contributed by atoms with Gasteiger partial charge in [-0.1, -0.05) is 26.8 Å². The summed E-state index contributed by atoms with van der Waals surface area (Å²) in [6.45, 7) is 7.99. The van der Waals surface area contributed by atoms with Crippen LogP contribution in [0.4, 0.5) is 5.69 Å². The highest BCUT2D eigenvalue weighted by Gasteiger charge is 2.38. The first-order chi connectivity index (χ1) is 12.7. The average Bonchev–Trinajstić information content (AvgIpc) is 3.08. The highest BCUT2D eigenvalue weighted by Crippen LogP contribution is 2.26. The van der Waals surface area contributed by atoms with Crippen LogP contribution in [-0.4, -0.2) is 48.5 Å². The Morgan fingerprint density at radius 2 is 2.00 bits per heavy atom. The van der Waals surface area contributed by atoms with E-state index in [1.54, 1.807) is 36.1 Å². The second-order valence-corrected chi connectivity index (χ2v) is 7.52. The molecule has 0 spiro atoms. The third-order valence-electron chi connectivity index (χ3n) is 4.22. The lowest BCUT2D eigenvalue weighted by atomic mass is 9.94. The Morgan fingerprint density at radius 1 is 1.26 bits per heavy atom. The van der Waals surface area contributed by atoms with Gasteiger partial charge in [0.1, 0.15) is 11.8 Å². The van der Waals surface area contributed by atoms with Crippen LogP contribution in [-0.2, 0) is 19.1 Å². The molecule has 2 amide bonds. The minimum atomic E-state index is -0.524. The van der Waals surface area contributed by atoms with Gasteiger partial charge in [-0.15, -0.1) is 0 Å². The number of benzene rings is 1. The van der Waals surface area contributed by atoms with E-state index in [9.17, 15) is 14.4 Å². The predicted molar refractivity (Wildman–Crippen MR) is 101 cm³/mol. The summed E-state index contributed by atoms with van der Waals surface area (Å²) in [7, 11) is 0. The molecule has 1 atom stereocenters. The molecular formula is C20H28N2O5. The van der Waals surface area contributed by atoms with Crippen LogP contribution in [0.3, 0.4) is 0 Å². The van der Waals surface area contributed by atoms with E-state index in [0.717, 1.165) is 6.42 Å². The Bertz CT molecular complexity index is 696. The SMILES string of the molecule is CCOC(=O)COc1cccc(NC(=O)[C@H]2CCCN2C(=O)C(C)(C)C)c1. The van der Waals surface area contributed by atoms with E-state index in [2.05, 4.69) is 5.32 Å². The number of rotatable bonds is 6. The highest BCUT2D eigenvalue weighted by atomic mass is 16.6. The van der Waals surface area contributed by atoms with Crippen molar-refractivity contribution in [1.82, 2.24) is 4.90 Å². The average molecular weight is 376 g/mol. The summed E-state index contributed by atoms with van der Waals surface area (Å²) in [5.41, 5.74) is 0.0282. The van der Waals surface area contributed by atoms with Gasteiger partial charge in [-0.2, -0.15) is 0 Å². The molecule has 148 valence electrons. The van der Waals surface area contributed by atoms with Gasteiger partial charge in [0.05, 0.1) is 6.61 Å². The molecule has 7 heteroatoms. The van der Waals surface area contributed by atoms with E-state index in [1.165, 1.54) is 0 Å². The lowest BCUT2D eigenvalue weighted by molar-refractivity contribution is -0.145. The van der Waals surface area contributed by atoms with Crippen molar-refractivity contribution in [3.05, 3.63) is 24.3 Å². The van der Waals surface area contributed by atoms with Crippen LogP contribution in [0.2, 0.25) is 0 Å². The monoisotopic (exact) mass is 376 g/mol. The minimum Gasteiger partial charge on any atom is -0.482 e. The van der Waals surface area contributed by atoms with Crippen molar-refractivity contribution in [3.8, 4) is 5.75 Å². The van der Waals surface area contributed by atoms with Gasteiger partial charge in [0.15, 0.2) is 6.61 Å². The maximum atomic E-state index is 12.7. The molecule has 0 saturated carbocycles. The Morgan fingerprint density at radius 3 is 2.67 bits per heavy atom. The molecule has 1 aliphatic heterocycles. The number of nitrogens with zero attached hydrogens (tertiary/aromatic N) is 1. The van der Waals surface area contributed by atoms with Crippen molar-refractivity contribution in [3.63, 3.8) is 0 Å². The lowest BCUT2D eigenvalue weighted by Crippen LogP contribution is -2.47. The molecule has 1 saturated heterocycles. The standard InChI is InChI=1S/C20H28N2O5/c1-5-26-17(23)13-27-15-9-6-8-14(12-15)21-18(24)16-10-7-11-22(16)19(25)20(2,3)4/h6,8-9,12,16H,5,7,10-11,13H2,1-4H3,(H,21,24)/t16-/m1/s1. The van der Waals surface area contributed by atoms with Crippen molar-refractivity contribution < 1.29 is 23.9 Å². The predicted octanol–water partition coefficient (Wildman–Crippen LogP) is 2.60. The van der Waals surface area contributed by atoms with Crippen LogP contribution in [0.1, 0.15) is 40.5 Å². The molecular weight excluding hydrogens is 348 g/mol. The van der Waals surface area contributed by atoms with E-state index >= 15 is 0 Å². The Hall–Kier alpha value is -2.57. The number of ether oxygens (including phenoxy) is 2. The van der Waals surface area contributed by atoms with Crippen LogP contribution < -0.4 is 10.1 Å². The van der Waals surface area contributed by atoms with Crippen LogP contribution in [0, 0.1) is 5.41 Å². The van der Waals surface area contributed by atoms with Crippen molar-refractivity contribution in [2.75, 3.05) is 25.1 Å². The number of likely N-dealkylation sites (tertiary alicyclic amines) is 1. The largest absolute Gasteiger partial charge is 0.482 e. The quantitative estimate of drug-likeness (QED) is 0.772. The fraction of sp³-hybridized carbons (Fsp3) is 0.550. The highest BCUT2D eigenvalue weighted by molar-refractivity contribution is 5.98. The minimum absolute atomic E-state index is 0.0216. The third kappa shape index (κ3) is 5.70. The van der Waals surface area contributed by atoms with Gasteiger partial charge in [-0.05, 0) is 31.9 Å². The summed E-state index contributed by atoms with van der Waals surface area (Å²) in [4.78, 5) is 38.3. The summed E-state index contributed by atoms with van der Waals surface area (Å²) in [6, 6.07) is 6.32.